The second kappa shape index (κ2) is 12.0. The lowest BCUT2D eigenvalue weighted by Crippen LogP contribution is -2.73. The number of ether oxygens (including phenoxy) is 4. The lowest BCUT2D eigenvalue weighted by Gasteiger charge is -2.68. The Hall–Kier alpha value is -2.06. The third-order valence-electron chi connectivity index (χ3n) is 16.5. The summed E-state index contributed by atoms with van der Waals surface area (Å²) >= 11 is 0. The summed E-state index contributed by atoms with van der Waals surface area (Å²) in [6.07, 6.45) is 4.44. The van der Waals surface area contributed by atoms with Gasteiger partial charge < -0.3 is 44.5 Å². The Balaban J connectivity index is 0.942. The van der Waals surface area contributed by atoms with Crippen LogP contribution in [-0.2, 0) is 28.5 Å². The summed E-state index contributed by atoms with van der Waals surface area (Å²) in [5.41, 5.74) is -0.653. The number of aliphatic hydroxyl groups excluding tert-OH is 3. The Bertz CT molecular complexity index is 1520. The minimum Gasteiger partial charge on any atom is -0.478 e. The monoisotopic (exact) mass is 713 g/mol. The predicted octanol–water partition coefficient (Wildman–Crippen LogP) is 2.43. The fraction of sp³-hybridized carbons (Fsp3) is 0.846. The van der Waals surface area contributed by atoms with Crippen LogP contribution in [0, 0.1) is 64.1 Å². The summed E-state index contributed by atoms with van der Waals surface area (Å²) in [7, 11) is 0. The van der Waals surface area contributed by atoms with Gasteiger partial charge in [0.2, 0.25) is 6.29 Å². The molecular weight excluding hydrogens is 658 g/mol. The van der Waals surface area contributed by atoms with Crippen molar-refractivity contribution >= 4 is 11.9 Å². The van der Waals surface area contributed by atoms with Gasteiger partial charge in [0.25, 0.3) is 0 Å². The molecule has 7 fully saturated rings. The summed E-state index contributed by atoms with van der Waals surface area (Å²) < 4.78 is 24.1. The van der Waals surface area contributed by atoms with Crippen LogP contribution in [-0.4, -0.2) is 111 Å². The molecule has 0 aromatic rings. The summed E-state index contributed by atoms with van der Waals surface area (Å²) in [5.74, 6) is -2.06. The molecule has 3 saturated heterocycles. The van der Waals surface area contributed by atoms with Crippen LogP contribution in [0.3, 0.4) is 0 Å². The first-order valence-electron chi connectivity index (χ1n) is 19.5. The van der Waals surface area contributed by atoms with Crippen LogP contribution in [0.5, 0.6) is 0 Å². The Morgan fingerprint density at radius 1 is 1.04 bits per heavy atom. The quantitative estimate of drug-likeness (QED) is 0.193. The first-order valence-corrected chi connectivity index (χ1v) is 19.5. The first-order chi connectivity index (χ1) is 24.4. The number of carboxylic acid groups (broad SMARTS) is 1. The molecule has 4 saturated carbocycles. The van der Waals surface area contributed by atoms with E-state index in [1.807, 2.05) is 0 Å². The molecule has 5 N–H and O–H groups in total. The van der Waals surface area contributed by atoms with Crippen molar-refractivity contribution in [2.45, 2.75) is 115 Å². The molecule has 0 radical (unpaired) electrons. The summed E-state index contributed by atoms with van der Waals surface area (Å²) in [4.78, 5) is 28.9. The standard InChI is InChI=1S/C39H55NO11/c1-18-13-40-14-22-6-5-21-7-9-27-25(12-38(39(21,27)47)32(40)23(18)10-11-37(22,38)3)34(46)48-17-28-30(42)19(2)31(43)36(50-28)51-35-29-20(15-41)4-8-24(29)26(16-49-35)33(44)45/h4,16,18-19,21-25,27-32,35-36,41-43,47H,5-15,17H2,1-3H3,(H,44,45)/t18-,19+,21+,22-,23-,24-,25-,27?,28-,29-,30+,31-,32?,35+,36+,37+,38?,39+/m1/s1. The molecule has 5 aliphatic carbocycles. The highest BCUT2D eigenvalue weighted by Crippen LogP contribution is 2.79. The number of aliphatic carboxylic acids is 1. The second-order valence-electron chi connectivity index (χ2n) is 18.1. The molecule has 12 heteroatoms. The van der Waals surface area contributed by atoms with Crippen LogP contribution in [0.25, 0.3) is 0 Å². The average Bonchev–Trinajstić information content (AvgIpc) is 3.83. The zero-order valence-electron chi connectivity index (χ0n) is 29.9. The number of rotatable bonds is 7. The van der Waals surface area contributed by atoms with Crippen molar-refractivity contribution in [1.29, 1.82) is 0 Å². The highest BCUT2D eigenvalue weighted by Gasteiger charge is 2.82. The van der Waals surface area contributed by atoms with Gasteiger partial charge >= 0.3 is 11.9 Å². The number of carbonyl (C=O) groups excluding carboxylic acids is 1. The largest absolute Gasteiger partial charge is 0.478 e. The lowest BCUT2D eigenvalue weighted by atomic mass is 9.41. The van der Waals surface area contributed by atoms with E-state index < -0.39 is 66.1 Å². The van der Waals surface area contributed by atoms with Gasteiger partial charge in [-0.2, -0.15) is 0 Å². The molecule has 4 bridgehead atoms. The predicted molar refractivity (Wildman–Crippen MR) is 179 cm³/mol. The topological polar surface area (TPSA) is 175 Å². The van der Waals surface area contributed by atoms with Crippen molar-refractivity contribution in [2.24, 2.45) is 64.1 Å². The molecule has 0 aromatic heterocycles. The van der Waals surface area contributed by atoms with Crippen LogP contribution in [0.4, 0.5) is 0 Å². The van der Waals surface area contributed by atoms with Crippen molar-refractivity contribution in [3.05, 3.63) is 23.5 Å². The van der Waals surface area contributed by atoms with Crippen LogP contribution >= 0.6 is 0 Å². The summed E-state index contributed by atoms with van der Waals surface area (Å²) in [6.45, 7) is 8.11. The van der Waals surface area contributed by atoms with E-state index >= 15 is 0 Å². The minimum absolute atomic E-state index is 0.0420. The number of nitrogens with zero attached hydrogens (tertiary/aromatic N) is 1. The molecule has 0 amide bonds. The van der Waals surface area contributed by atoms with Crippen LogP contribution < -0.4 is 0 Å². The minimum atomic E-state index is -1.27. The second-order valence-corrected chi connectivity index (χ2v) is 18.1. The lowest BCUT2D eigenvalue weighted by molar-refractivity contribution is -0.331. The molecule has 4 aliphatic heterocycles. The molecule has 1 spiro atoms. The van der Waals surface area contributed by atoms with Crippen molar-refractivity contribution in [2.75, 3.05) is 26.3 Å². The highest BCUT2D eigenvalue weighted by molar-refractivity contribution is 5.87. The first kappa shape index (κ1) is 34.7. The maximum Gasteiger partial charge on any atom is 0.335 e. The molecule has 0 aromatic carbocycles. The Morgan fingerprint density at radius 2 is 1.80 bits per heavy atom. The van der Waals surface area contributed by atoms with Gasteiger partial charge in [-0.1, -0.05) is 26.8 Å². The average molecular weight is 714 g/mol. The van der Waals surface area contributed by atoms with E-state index in [0.717, 1.165) is 51.5 Å². The number of piperidine rings is 1. The van der Waals surface area contributed by atoms with E-state index in [-0.39, 0.29) is 53.5 Å². The number of carboxylic acids is 1. The Morgan fingerprint density at radius 3 is 2.57 bits per heavy atom. The van der Waals surface area contributed by atoms with Crippen LogP contribution in [0.15, 0.2) is 23.5 Å². The number of hydrogen-bond donors (Lipinski definition) is 5. The third-order valence-corrected chi connectivity index (χ3v) is 16.5. The van der Waals surface area contributed by atoms with Gasteiger partial charge in [0.05, 0.1) is 42.0 Å². The molecule has 4 heterocycles. The van der Waals surface area contributed by atoms with Gasteiger partial charge in [0.1, 0.15) is 18.8 Å². The molecular formula is C39H55NO11. The normalized spacial score (nSPS) is 53.7. The van der Waals surface area contributed by atoms with Crippen LogP contribution in [0.2, 0.25) is 0 Å². The number of allylic oxidation sites excluding steroid dienone is 1. The third kappa shape index (κ3) is 4.50. The van der Waals surface area contributed by atoms with E-state index in [1.54, 1.807) is 13.0 Å². The maximum absolute atomic E-state index is 14.3. The number of esters is 1. The smallest absolute Gasteiger partial charge is 0.335 e. The molecule has 12 nitrogen and oxygen atoms in total. The number of fused-ring (bicyclic) bond motifs is 1. The zero-order chi connectivity index (χ0) is 35.8. The number of carbonyl (C=O) groups is 2. The van der Waals surface area contributed by atoms with E-state index in [1.165, 1.54) is 6.42 Å². The van der Waals surface area contributed by atoms with Gasteiger partial charge in [-0.15, -0.1) is 0 Å². The number of hydrogen-bond acceptors (Lipinski definition) is 11. The molecule has 18 atom stereocenters. The Labute approximate surface area is 299 Å². The van der Waals surface area contributed by atoms with Crippen LogP contribution in [0.1, 0.15) is 72.1 Å². The van der Waals surface area contributed by atoms with E-state index in [9.17, 15) is 35.1 Å². The molecule has 51 heavy (non-hydrogen) atoms. The maximum atomic E-state index is 14.3. The molecule has 282 valence electrons. The van der Waals surface area contributed by atoms with Crippen molar-refractivity contribution in [1.82, 2.24) is 4.90 Å². The number of aliphatic hydroxyl groups is 4. The van der Waals surface area contributed by atoms with E-state index in [4.69, 9.17) is 18.9 Å². The van der Waals surface area contributed by atoms with Gasteiger partial charge in [-0.25, -0.2) is 4.79 Å². The molecule has 3 unspecified atom stereocenters. The van der Waals surface area contributed by atoms with Gasteiger partial charge in [0.15, 0.2) is 6.29 Å². The highest BCUT2D eigenvalue weighted by atomic mass is 16.8. The van der Waals surface area contributed by atoms with Gasteiger partial charge in [-0.05, 0) is 86.0 Å². The van der Waals surface area contributed by atoms with Crippen molar-refractivity contribution in [3.8, 4) is 0 Å². The van der Waals surface area contributed by atoms with E-state index in [2.05, 4.69) is 18.7 Å². The zero-order valence-corrected chi connectivity index (χ0v) is 29.9. The van der Waals surface area contributed by atoms with Gasteiger partial charge in [0, 0.05) is 42.3 Å². The van der Waals surface area contributed by atoms with E-state index in [0.29, 0.717) is 36.2 Å². The fourth-order valence-corrected chi connectivity index (χ4v) is 14.1. The van der Waals surface area contributed by atoms with Crippen molar-refractivity contribution in [3.63, 3.8) is 0 Å². The summed E-state index contributed by atoms with van der Waals surface area (Å²) in [5, 5.41) is 55.3. The molecule has 9 rings (SSSR count). The molecule has 9 aliphatic rings. The SMILES string of the molecule is C[C@@H]1[C@@H](O)[C@H](O[C@@H]2OC=C(C(=O)O)[C@H]3CC=C(CO)[C@@H]23)O[C@H](COC(=O)[C@@H]2CC34C5[C@@H]6CC[C@@]3(C)[C@H](CC[C@H]3CCC2[C@@]34O)CN5C[C@H]6C)[C@H]1O. The van der Waals surface area contributed by atoms with Crippen molar-refractivity contribution < 1.29 is 54.1 Å². The Kier molecular flexibility index (Phi) is 8.14. The fourth-order valence-electron chi connectivity index (χ4n) is 14.1. The summed E-state index contributed by atoms with van der Waals surface area (Å²) in [6, 6.07) is 0.277. The van der Waals surface area contributed by atoms with Gasteiger partial charge in [-0.3, -0.25) is 9.69 Å².